The first-order chi connectivity index (χ1) is 54.0. The van der Waals surface area contributed by atoms with Crippen molar-refractivity contribution in [3.63, 3.8) is 0 Å². The number of aromatic nitrogens is 5. The van der Waals surface area contributed by atoms with Crippen molar-refractivity contribution in [3.8, 4) is 17.5 Å². The molecule has 2 aromatic carbocycles. The number of carboxylic acid groups (broad SMARTS) is 1. The summed E-state index contributed by atoms with van der Waals surface area (Å²) >= 11 is 6.27. The standard InChI is InChI=1S/C72H95ClN18O21S2/c1-8-37(6)60(70(110)86-45(18-35(2)3)61(101)77-29-55(95)76-30-59(100)112-91-56(96)16-17-57(91)97)88-66(106)49(23-41-27-74-33-78-41)83-68(108)52-32-113-114-71(89-67(107)50(24-42-28-75-34-79-42)82-63(103)47(80-38(7)92)21-39-12-10-9-11-13-39)72(111)90-31-43(93)25-53(90)69(109)85-48(22-40-14-15-54(94)44(73)20-40)64(104)84-51(26-58(98)99)65(105)81-46(19-36(4)5)62(102)87-52/h9-17,20,27-28,33-37,43,45-53,60,71,93-94,96-97H,8,18-19,21-26,29-32H2,1-7H3,(H,74,78)(H,75,79)(H,76,95)(H,77,101)(H,80,92)(H,81,105)(H,82,103)(H,83,108)(H,84,104)(H,85,109)(H,86,110)(H,87,102)(H,88,106)(H,89,107)(H,98,99)/t37?,43?,45-,46-,47-,48-,49-,50-,51-,52-,53-,60-,71-/m0/s1. The lowest BCUT2D eigenvalue weighted by atomic mass is 9.96. The van der Waals surface area contributed by atoms with E-state index < -0.39 is 235 Å². The molecule has 0 aliphatic carbocycles. The summed E-state index contributed by atoms with van der Waals surface area (Å²) in [5.74, 6) is -19.5. The second kappa shape index (κ2) is 43.0. The van der Waals surface area contributed by atoms with Gasteiger partial charge in [-0.25, -0.2) is 14.8 Å². The number of aliphatic hydroxyl groups is 1. The average Bonchev–Trinajstić information content (AvgIpc) is 1.63. The SMILES string of the molecule is CCC(C)[C@H](NC(=O)[C@H](Cc1cnc[nH]1)NC(=O)[C@@H]1CSS[C@H](NC(=O)[C@H](Cc2cnc[nH]2)NC(=O)[C@H](Cc2ccccc2)NC(C)=O)C(=O)N2CC(O)C[C@H]2C(=O)N[C@@H](Cc2ccc(O)c(Cl)c2)C(=O)N[C@@H](CC(=O)O)C(=O)N[C@@H](CC(C)C)C(=O)N1)C(=O)N[C@@H](CC(C)C)C(=O)NCC(=O)NCC(=O)On1c(O)ccc1O. The number of aliphatic hydroxyl groups excluding tert-OH is 1. The molecule has 618 valence electrons. The first kappa shape index (κ1) is 89.7. The minimum Gasteiger partial charge on any atom is -0.506 e. The highest BCUT2D eigenvalue weighted by molar-refractivity contribution is 8.77. The predicted octanol–water partition coefficient (Wildman–Crippen LogP) is -2.34. The van der Waals surface area contributed by atoms with Crippen molar-refractivity contribution < 1.29 is 102 Å². The number of nitrogens with one attached hydrogen (secondary N) is 14. The third-order valence-corrected chi connectivity index (χ3v) is 20.8. The summed E-state index contributed by atoms with van der Waals surface area (Å²) in [6.45, 7) is 9.20. The van der Waals surface area contributed by atoms with Crippen LogP contribution in [0, 0.1) is 17.8 Å². The number of benzene rings is 2. The van der Waals surface area contributed by atoms with Gasteiger partial charge in [-0.15, -0.1) is 4.73 Å². The Bertz CT molecular complexity index is 4210. The number of nitrogens with zero attached hydrogens (tertiary/aromatic N) is 4. The molecule has 7 rings (SSSR count). The van der Waals surface area contributed by atoms with E-state index in [0.717, 1.165) is 17.0 Å². The van der Waals surface area contributed by atoms with E-state index in [0.29, 0.717) is 37.6 Å². The van der Waals surface area contributed by atoms with E-state index in [9.17, 15) is 73.5 Å². The number of phenolic OH excluding ortho intramolecular Hbond substituents is 1. The van der Waals surface area contributed by atoms with Crippen molar-refractivity contribution in [1.82, 2.24) is 93.4 Å². The molecule has 19 N–H and O–H groups in total. The van der Waals surface area contributed by atoms with Crippen LogP contribution in [0.5, 0.6) is 17.5 Å². The number of carboxylic acids is 1. The Balaban J connectivity index is 1.25. The van der Waals surface area contributed by atoms with Gasteiger partial charge in [0.2, 0.25) is 82.6 Å². The monoisotopic (exact) mass is 1650 g/mol. The largest absolute Gasteiger partial charge is 0.506 e. The molecule has 0 bridgehead atoms. The van der Waals surface area contributed by atoms with Crippen molar-refractivity contribution in [2.45, 2.75) is 178 Å². The maximum absolute atomic E-state index is 15.6. The molecule has 3 aromatic heterocycles. The van der Waals surface area contributed by atoms with Crippen molar-refractivity contribution in [2.24, 2.45) is 17.8 Å². The summed E-state index contributed by atoms with van der Waals surface area (Å²) < 4.78 is 0.400. The number of rotatable bonds is 33. The number of fused-ring (bicyclic) bond motifs is 1. The van der Waals surface area contributed by atoms with Crippen molar-refractivity contribution in [2.75, 3.05) is 25.4 Å². The highest BCUT2D eigenvalue weighted by Gasteiger charge is 2.45. The fourth-order valence-electron chi connectivity index (χ4n) is 12.0. The number of aromatic hydroxyl groups is 3. The predicted molar refractivity (Wildman–Crippen MR) is 409 cm³/mol. The van der Waals surface area contributed by atoms with Crippen molar-refractivity contribution in [3.05, 3.63) is 113 Å². The van der Waals surface area contributed by atoms with Gasteiger partial charge in [0.05, 0.1) is 36.7 Å². The summed E-state index contributed by atoms with van der Waals surface area (Å²) in [7, 11) is 1.20. The van der Waals surface area contributed by atoms with Crippen LogP contribution >= 0.6 is 33.2 Å². The van der Waals surface area contributed by atoms with Crippen LogP contribution in [0.15, 0.2) is 85.7 Å². The third kappa shape index (κ3) is 27.4. The number of carbonyl (C=O) groups excluding carboxylic acids is 14. The van der Waals surface area contributed by atoms with Gasteiger partial charge in [0.1, 0.15) is 72.7 Å². The van der Waals surface area contributed by atoms with Gasteiger partial charge >= 0.3 is 11.9 Å². The molecule has 2 fully saturated rings. The van der Waals surface area contributed by atoms with Gasteiger partial charge in [-0.2, -0.15) is 0 Å². The first-order valence-corrected chi connectivity index (χ1v) is 39.1. The zero-order chi connectivity index (χ0) is 83.6. The fraction of sp³-hybridized carbons (Fsp3) is 0.486. The number of aromatic amines is 2. The Kier molecular flexibility index (Phi) is 33.8. The molecular weight excluding hydrogens is 1550 g/mol. The van der Waals surface area contributed by atoms with Gasteiger partial charge in [0.25, 0.3) is 5.91 Å². The number of amides is 13. The van der Waals surface area contributed by atoms with Crippen LogP contribution in [0.3, 0.4) is 0 Å². The van der Waals surface area contributed by atoms with Crippen LogP contribution in [0.25, 0.3) is 0 Å². The highest BCUT2D eigenvalue weighted by Crippen LogP contribution is 2.32. The Morgan fingerprint density at radius 3 is 1.84 bits per heavy atom. The van der Waals surface area contributed by atoms with Gasteiger partial charge in [-0.1, -0.05) is 118 Å². The van der Waals surface area contributed by atoms with E-state index in [1.807, 2.05) is 0 Å². The molecule has 2 saturated heterocycles. The second-order valence-corrected chi connectivity index (χ2v) is 31.0. The Labute approximate surface area is 666 Å². The Morgan fingerprint density at radius 2 is 1.25 bits per heavy atom. The van der Waals surface area contributed by atoms with Crippen LogP contribution in [-0.4, -0.2) is 241 Å². The molecule has 13 atom stereocenters. The molecule has 5 heterocycles. The Morgan fingerprint density at radius 1 is 0.649 bits per heavy atom. The molecule has 13 amide bonds. The number of halogens is 1. The van der Waals surface area contributed by atoms with Gasteiger partial charge in [0, 0.05) is 87.2 Å². The smallest absolute Gasteiger partial charge is 0.352 e. The van der Waals surface area contributed by atoms with E-state index in [4.69, 9.17) is 16.4 Å². The normalized spacial score (nSPS) is 20.0. The van der Waals surface area contributed by atoms with E-state index in [-0.39, 0.29) is 60.1 Å². The number of phenols is 1. The van der Waals surface area contributed by atoms with Gasteiger partial charge in [0.15, 0.2) is 5.37 Å². The quantitative estimate of drug-likeness (QED) is 0.0196. The van der Waals surface area contributed by atoms with Gasteiger partial charge < -0.3 is 109 Å². The van der Waals surface area contributed by atoms with Crippen LogP contribution in [-0.2, 0) is 97.6 Å². The number of hydrogen-bond acceptors (Lipinski definition) is 24. The van der Waals surface area contributed by atoms with Crippen LogP contribution in [0.2, 0.25) is 5.02 Å². The summed E-state index contributed by atoms with van der Waals surface area (Å²) in [5, 5.41) is 79.9. The lowest BCUT2D eigenvalue weighted by Crippen LogP contribution is -2.61. The second-order valence-electron chi connectivity index (χ2n) is 28.1. The number of H-pyrrole nitrogens is 2. The molecule has 2 unspecified atom stereocenters. The third-order valence-electron chi connectivity index (χ3n) is 18.0. The van der Waals surface area contributed by atoms with E-state index in [2.05, 4.69) is 83.7 Å². The number of hydrogen-bond donors (Lipinski definition) is 19. The minimum absolute atomic E-state index is 0.0123. The maximum atomic E-state index is 15.6. The fourth-order valence-corrected chi connectivity index (χ4v) is 14.7. The number of carbonyl (C=O) groups is 15. The molecule has 114 heavy (non-hydrogen) atoms. The lowest BCUT2D eigenvalue weighted by Gasteiger charge is -2.30. The summed E-state index contributed by atoms with van der Waals surface area (Å²) in [4.78, 5) is 233. The molecule has 0 saturated carbocycles. The van der Waals surface area contributed by atoms with Gasteiger partial charge in [-0.05, 0) is 53.9 Å². The van der Waals surface area contributed by atoms with Crippen LogP contribution in [0.1, 0.15) is 103 Å². The zero-order valence-corrected chi connectivity index (χ0v) is 65.6. The molecule has 0 spiro atoms. The van der Waals surface area contributed by atoms with Gasteiger partial charge in [-0.3, -0.25) is 67.1 Å². The summed E-state index contributed by atoms with van der Waals surface area (Å²) in [5.41, 5.74) is 1.35. The Hall–Kier alpha value is -11.5. The van der Waals surface area contributed by atoms with E-state index >= 15 is 24.0 Å². The summed E-state index contributed by atoms with van der Waals surface area (Å²) in [6.07, 6.45) is 0.899. The number of aliphatic carboxylic acids is 1. The molecule has 2 aliphatic heterocycles. The van der Waals surface area contributed by atoms with Crippen molar-refractivity contribution in [1.29, 1.82) is 0 Å². The maximum Gasteiger partial charge on any atom is 0.352 e. The lowest BCUT2D eigenvalue weighted by molar-refractivity contribution is -0.145. The average molecular weight is 1650 g/mol. The first-order valence-electron chi connectivity index (χ1n) is 36.4. The highest BCUT2D eigenvalue weighted by atomic mass is 35.5. The van der Waals surface area contributed by atoms with Crippen molar-refractivity contribution >= 4 is 122 Å². The molecule has 42 heteroatoms. The summed E-state index contributed by atoms with van der Waals surface area (Å²) in [6, 6.07) is -1.95. The van der Waals surface area contributed by atoms with Crippen LogP contribution in [0.4, 0.5) is 0 Å². The molecule has 2 aliphatic rings. The molecule has 0 radical (unpaired) electrons. The molecular formula is C72H95ClN18O21S2. The topological polar surface area (TPSA) is 576 Å². The number of imidazole rings is 2. The van der Waals surface area contributed by atoms with E-state index in [1.165, 1.54) is 50.2 Å². The molecule has 5 aromatic rings. The molecule has 39 nitrogen and oxygen atoms in total. The van der Waals surface area contributed by atoms with E-state index in [1.54, 1.807) is 71.9 Å². The zero-order valence-electron chi connectivity index (χ0n) is 63.2. The van der Waals surface area contributed by atoms with Crippen LogP contribution < -0.4 is 68.6 Å². The minimum atomic E-state index is -2.01.